The number of nitrogens with zero attached hydrogens (tertiary/aromatic N) is 1. The van der Waals surface area contributed by atoms with Gasteiger partial charge in [0.2, 0.25) is 0 Å². The molecule has 2 unspecified atom stereocenters. The van der Waals surface area contributed by atoms with E-state index in [4.69, 9.17) is 11.6 Å². The molecule has 15 heavy (non-hydrogen) atoms. The van der Waals surface area contributed by atoms with Crippen LogP contribution in [0.25, 0.3) is 0 Å². The van der Waals surface area contributed by atoms with Crippen LogP contribution >= 0.6 is 11.6 Å². The van der Waals surface area contributed by atoms with E-state index < -0.39 is 0 Å². The lowest BCUT2D eigenvalue weighted by atomic mass is 9.98. The van der Waals surface area contributed by atoms with Crippen LogP contribution in [0.1, 0.15) is 27.2 Å². The first kappa shape index (κ1) is 13.0. The summed E-state index contributed by atoms with van der Waals surface area (Å²) in [6, 6.07) is 1.28. The second-order valence-electron chi connectivity index (χ2n) is 4.64. The third kappa shape index (κ3) is 3.78. The van der Waals surface area contributed by atoms with Gasteiger partial charge in [-0.15, -0.1) is 0 Å². The van der Waals surface area contributed by atoms with Gasteiger partial charge >= 0.3 is 0 Å². The van der Waals surface area contributed by atoms with Gasteiger partial charge in [-0.3, -0.25) is 4.90 Å². The van der Waals surface area contributed by atoms with Gasteiger partial charge in [0.25, 0.3) is 0 Å². The van der Waals surface area contributed by atoms with E-state index in [1.807, 2.05) is 6.08 Å². The molecule has 0 aromatic heterocycles. The van der Waals surface area contributed by atoms with Gasteiger partial charge in [0.15, 0.2) is 0 Å². The standard InChI is InChI=1S/C12H23ClN2/c1-4-11-9-15(7-5-6-13)12(8-14-11)10(2)3/h5-6,10-12,14H,4,7-9H2,1-3H3/b6-5+. The van der Waals surface area contributed by atoms with Crippen LogP contribution in [0.2, 0.25) is 0 Å². The highest BCUT2D eigenvalue weighted by atomic mass is 35.5. The summed E-state index contributed by atoms with van der Waals surface area (Å²) in [5.41, 5.74) is 1.63. The Morgan fingerprint density at radius 3 is 2.80 bits per heavy atom. The number of hydrogen-bond donors (Lipinski definition) is 1. The fraction of sp³-hybridized carbons (Fsp3) is 0.833. The molecular weight excluding hydrogens is 208 g/mol. The zero-order valence-electron chi connectivity index (χ0n) is 10.0. The maximum atomic E-state index is 5.60. The molecule has 1 heterocycles. The predicted molar refractivity (Wildman–Crippen MR) is 67.3 cm³/mol. The van der Waals surface area contributed by atoms with Crippen molar-refractivity contribution in [1.82, 2.24) is 10.2 Å². The topological polar surface area (TPSA) is 15.3 Å². The molecule has 1 aliphatic rings. The fourth-order valence-electron chi connectivity index (χ4n) is 2.22. The lowest BCUT2D eigenvalue weighted by molar-refractivity contribution is 0.110. The summed E-state index contributed by atoms with van der Waals surface area (Å²) in [6.07, 6.45) is 3.24. The third-order valence-electron chi connectivity index (χ3n) is 3.23. The van der Waals surface area contributed by atoms with Crippen LogP contribution in [-0.4, -0.2) is 36.6 Å². The lowest BCUT2D eigenvalue weighted by Crippen LogP contribution is -2.57. The van der Waals surface area contributed by atoms with Crippen molar-refractivity contribution in [2.75, 3.05) is 19.6 Å². The maximum Gasteiger partial charge on any atom is 0.0247 e. The maximum absolute atomic E-state index is 5.60. The van der Waals surface area contributed by atoms with Gasteiger partial charge in [0.05, 0.1) is 0 Å². The largest absolute Gasteiger partial charge is 0.311 e. The quantitative estimate of drug-likeness (QED) is 0.798. The molecular formula is C12H23ClN2. The van der Waals surface area contributed by atoms with Crippen LogP contribution in [0, 0.1) is 5.92 Å². The molecule has 1 fully saturated rings. The molecule has 1 rings (SSSR count). The number of halogens is 1. The van der Waals surface area contributed by atoms with Gasteiger partial charge in [-0.05, 0) is 12.3 Å². The highest BCUT2D eigenvalue weighted by Crippen LogP contribution is 2.16. The predicted octanol–water partition coefficient (Wildman–Crippen LogP) is 2.45. The van der Waals surface area contributed by atoms with Crippen LogP contribution < -0.4 is 5.32 Å². The number of rotatable bonds is 4. The molecule has 0 saturated carbocycles. The summed E-state index contributed by atoms with van der Waals surface area (Å²) in [5.74, 6) is 0.694. The van der Waals surface area contributed by atoms with E-state index in [1.54, 1.807) is 5.54 Å². The first-order valence-electron chi connectivity index (χ1n) is 5.91. The minimum atomic E-state index is 0.640. The van der Waals surface area contributed by atoms with Crippen LogP contribution in [-0.2, 0) is 0 Å². The summed E-state index contributed by atoms with van der Waals surface area (Å²) >= 11 is 5.60. The molecule has 88 valence electrons. The zero-order chi connectivity index (χ0) is 11.3. The summed E-state index contributed by atoms with van der Waals surface area (Å²) < 4.78 is 0. The van der Waals surface area contributed by atoms with E-state index in [0.717, 1.165) is 19.6 Å². The van der Waals surface area contributed by atoms with Gasteiger partial charge in [0.1, 0.15) is 0 Å². The molecule has 0 spiro atoms. The third-order valence-corrected chi connectivity index (χ3v) is 3.41. The van der Waals surface area contributed by atoms with E-state index >= 15 is 0 Å². The molecule has 3 heteroatoms. The molecule has 0 radical (unpaired) electrons. The Bertz CT molecular complexity index is 204. The molecule has 1 saturated heterocycles. The van der Waals surface area contributed by atoms with Gasteiger partial charge in [-0.2, -0.15) is 0 Å². The normalized spacial score (nSPS) is 29.1. The molecule has 2 nitrogen and oxygen atoms in total. The van der Waals surface area contributed by atoms with E-state index in [1.165, 1.54) is 6.42 Å². The van der Waals surface area contributed by atoms with Crippen LogP contribution in [0.15, 0.2) is 11.6 Å². The van der Waals surface area contributed by atoms with Gasteiger partial charge in [-0.1, -0.05) is 38.4 Å². The van der Waals surface area contributed by atoms with Crippen LogP contribution in [0.5, 0.6) is 0 Å². The van der Waals surface area contributed by atoms with Crippen molar-refractivity contribution in [1.29, 1.82) is 0 Å². The van der Waals surface area contributed by atoms with Crippen molar-refractivity contribution >= 4 is 11.6 Å². The molecule has 1 aliphatic heterocycles. The lowest BCUT2D eigenvalue weighted by Gasteiger charge is -2.41. The summed E-state index contributed by atoms with van der Waals surface area (Å²) in [4.78, 5) is 2.54. The summed E-state index contributed by atoms with van der Waals surface area (Å²) in [7, 11) is 0. The Morgan fingerprint density at radius 1 is 1.53 bits per heavy atom. The van der Waals surface area contributed by atoms with E-state index in [-0.39, 0.29) is 0 Å². The summed E-state index contributed by atoms with van der Waals surface area (Å²) in [6.45, 7) is 10.0. The monoisotopic (exact) mass is 230 g/mol. The average Bonchev–Trinajstić information content (AvgIpc) is 2.25. The smallest absolute Gasteiger partial charge is 0.0247 e. The van der Waals surface area contributed by atoms with Crippen LogP contribution in [0.3, 0.4) is 0 Å². The van der Waals surface area contributed by atoms with E-state index in [9.17, 15) is 0 Å². The molecule has 0 aromatic carbocycles. The highest BCUT2D eigenvalue weighted by molar-refractivity contribution is 6.25. The number of hydrogen-bond acceptors (Lipinski definition) is 2. The van der Waals surface area contributed by atoms with Crippen molar-refractivity contribution in [3.8, 4) is 0 Å². The van der Waals surface area contributed by atoms with Crippen molar-refractivity contribution in [2.24, 2.45) is 5.92 Å². The molecule has 0 amide bonds. The second-order valence-corrected chi connectivity index (χ2v) is 4.89. The Labute approximate surface area is 98.7 Å². The van der Waals surface area contributed by atoms with Gasteiger partial charge in [-0.25, -0.2) is 0 Å². The van der Waals surface area contributed by atoms with E-state index in [2.05, 4.69) is 31.0 Å². The zero-order valence-corrected chi connectivity index (χ0v) is 10.8. The average molecular weight is 231 g/mol. The van der Waals surface area contributed by atoms with Crippen molar-refractivity contribution in [3.63, 3.8) is 0 Å². The number of piperazine rings is 1. The first-order valence-corrected chi connectivity index (χ1v) is 6.35. The highest BCUT2D eigenvalue weighted by Gasteiger charge is 2.27. The Kier molecular flexibility index (Phi) is 5.65. The number of nitrogens with one attached hydrogen (secondary N) is 1. The van der Waals surface area contributed by atoms with Crippen LogP contribution in [0.4, 0.5) is 0 Å². The van der Waals surface area contributed by atoms with Crippen molar-refractivity contribution < 1.29 is 0 Å². The Hall–Kier alpha value is -0.0500. The summed E-state index contributed by atoms with van der Waals surface area (Å²) in [5, 5.41) is 3.61. The molecule has 1 N–H and O–H groups in total. The second kappa shape index (κ2) is 6.51. The Balaban J connectivity index is 2.56. The molecule has 0 aromatic rings. The van der Waals surface area contributed by atoms with Crippen molar-refractivity contribution in [2.45, 2.75) is 39.3 Å². The van der Waals surface area contributed by atoms with Gasteiger partial charge in [0, 0.05) is 37.3 Å². The van der Waals surface area contributed by atoms with Gasteiger partial charge < -0.3 is 5.32 Å². The molecule has 2 atom stereocenters. The fourth-order valence-corrected chi connectivity index (χ4v) is 2.30. The molecule has 0 bridgehead atoms. The minimum Gasteiger partial charge on any atom is -0.311 e. The Morgan fingerprint density at radius 2 is 2.27 bits per heavy atom. The molecule has 0 aliphatic carbocycles. The SMILES string of the molecule is CCC1CN(C/C=C/Cl)C(C(C)C)CN1. The van der Waals surface area contributed by atoms with Crippen molar-refractivity contribution in [3.05, 3.63) is 11.6 Å². The first-order chi connectivity index (χ1) is 7.19. The minimum absolute atomic E-state index is 0.640. The van der Waals surface area contributed by atoms with E-state index in [0.29, 0.717) is 18.0 Å².